The number of piperidine rings is 1. The third-order valence-electron chi connectivity index (χ3n) is 4.88. The Hall–Kier alpha value is -2.57. The molecule has 25 heavy (non-hydrogen) atoms. The Labute approximate surface area is 145 Å². The minimum atomic E-state index is -1.05. The van der Waals surface area contributed by atoms with E-state index in [1.807, 2.05) is 6.08 Å². The van der Waals surface area contributed by atoms with Gasteiger partial charge < -0.3 is 19.2 Å². The SMILES string of the molecule is CCOC(=O)[C@]12CCC=C1N(Cc1ccco1)C(=O)[C@@H](CC(=O)O)C2. The van der Waals surface area contributed by atoms with Gasteiger partial charge in [-0.2, -0.15) is 0 Å². The fourth-order valence-corrected chi connectivity index (χ4v) is 3.85. The highest BCUT2D eigenvalue weighted by atomic mass is 16.5. The van der Waals surface area contributed by atoms with Crippen LogP contribution in [0.5, 0.6) is 0 Å². The van der Waals surface area contributed by atoms with Gasteiger partial charge in [0, 0.05) is 5.70 Å². The Kier molecular flexibility index (Phi) is 4.65. The second kappa shape index (κ2) is 6.74. The van der Waals surface area contributed by atoms with Gasteiger partial charge in [-0.05, 0) is 38.3 Å². The van der Waals surface area contributed by atoms with Crippen molar-refractivity contribution < 1.29 is 28.6 Å². The average Bonchev–Trinajstić information content (AvgIpc) is 3.21. The molecule has 2 atom stereocenters. The molecule has 0 radical (unpaired) electrons. The first-order chi connectivity index (χ1) is 12.0. The molecule has 2 heterocycles. The van der Waals surface area contributed by atoms with Crippen LogP contribution in [0.3, 0.4) is 0 Å². The molecule has 7 nitrogen and oxygen atoms in total. The number of aliphatic carboxylic acids is 1. The fraction of sp³-hybridized carbons (Fsp3) is 0.500. The van der Waals surface area contributed by atoms with Crippen LogP contribution >= 0.6 is 0 Å². The number of allylic oxidation sites excluding steroid dienone is 1. The molecule has 2 aliphatic rings. The van der Waals surface area contributed by atoms with Crippen LogP contribution in [0.2, 0.25) is 0 Å². The summed E-state index contributed by atoms with van der Waals surface area (Å²) in [5.74, 6) is -1.90. The first-order valence-electron chi connectivity index (χ1n) is 8.41. The summed E-state index contributed by atoms with van der Waals surface area (Å²) in [7, 11) is 0. The van der Waals surface area contributed by atoms with Crippen molar-refractivity contribution in [2.24, 2.45) is 11.3 Å². The number of carboxylic acids is 1. The summed E-state index contributed by atoms with van der Waals surface area (Å²) in [5, 5.41) is 9.17. The van der Waals surface area contributed by atoms with Crippen molar-refractivity contribution in [2.75, 3.05) is 6.61 Å². The van der Waals surface area contributed by atoms with E-state index in [0.717, 1.165) is 0 Å². The van der Waals surface area contributed by atoms with E-state index in [2.05, 4.69) is 0 Å². The molecule has 1 fully saturated rings. The van der Waals surface area contributed by atoms with E-state index in [1.165, 1.54) is 11.2 Å². The normalized spacial score (nSPS) is 25.5. The smallest absolute Gasteiger partial charge is 0.318 e. The molecule has 0 aromatic carbocycles. The predicted octanol–water partition coefficient (Wildman–Crippen LogP) is 2.33. The number of amides is 1. The molecule has 1 aliphatic heterocycles. The number of esters is 1. The Morgan fingerprint density at radius 2 is 2.28 bits per heavy atom. The van der Waals surface area contributed by atoms with Crippen molar-refractivity contribution in [3.63, 3.8) is 0 Å². The van der Waals surface area contributed by atoms with Crippen molar-refractivity contribution in [2.45, 2.75) is 39.2 Å². The summed E-state index contributed by atoms with van der Waals surface area (Å²) in [6, 6.07) is 3.47. The van der Waals surface area contributed by atoms with E-state index in [0.29, 0.717) is 24.3 Å². The summed E-state index contributed by atoms with van der Waals surface area (Å²) in [6.45, 7) is 2.15. The molecule has 1 saturated heterocycles. The van der Waals surface area contributed by atoms with Crippen molar-refractivity contribution in [3.05, 3.63) is 35.9 Å². The van der Waals surface area contributed by atoms with Gasteiger partial charge >= 0.3 is 11.9 Å². The first-order valence-corrected chi connectivity index (χ1v) is 8.41. The third kappa shape index (κ3) is 3.06. The van der Waals surface area contributed by atoms with Crippen molar-refractivity contribution in [3.8, 4) is 0 Å². The highest BCUT2D eigenvalue weighted by molar-refractivity contribution is 5.91. The van der Waals surface area contributed by atoms with Crippen LogP contribution in [0.25, 0.3) is 0 Å². The molecule has 1 aromatic heterocycles. The summed E-state index contributed by atoms with van der Waals surface area (Å²) in [5.41, 5.74) is -0.328. The van der Waals surface area contributed by atoms with E-state index in [-0.39, 0.29) is 37.9 Å². The summed E-state index contributed by atoms with van der Waals surface area (Å²) >= 11 is 0. The number of hydrogen-bond donors (Lipinski definition) is 1. The molecule has 0 spiro atoms. The standard InChI is InChI=1S/C18H21NO6/c1-2-24-17(23)18-7-3-6-14(18)19(11-13-5-4-8-25-13)16(22)12(10-18)9-15(20)21/h4-6,8,12H,2-3,7,9-11H2,1H3,(H,20,21)/t12-,18-/m0/s1. The second-order valence-electron chi connectivity index (χ2n) is 6.43. The zero-order valence-corrected chi connectivity index (χ0v) is 14.1. The number of carbonyl (C=O) groups is 3. The Bertz CT molecular complexity index is 707. The van der Waals surface area contributed by atoms with Gasteiger partial charge in [-0.15, -0.1) is 0 Å². The highest BCUT2D eigenvalue weighted by Crippen LogP contribution is 2.51. The topological polar surface area (TPSA) is 97.0 Å². The number of carbonyl (C=O) groups excluding carboxylic acids is 2. The van der Waals surface area contributed by atoms with E-state index >= 15 is 0 Å². The van der Waals surface area contributed by atoms with E-state index in [9.17, 15) is 19.5 Å². The molecule has 1 aliphatic carbocycles. The Balaban J connectivity index is 1.98. The monoisotopic (exact) mass is 347 g/mol. The maximum atomic E-state index is 12.9. The summed E-state index contributed by atoms with van der Waals surface area (Å²) < 4.78 is 10.6. The number of fused-ring (bicyclic) bond motifs is 1. The van der Waals surface area contributed by atoms with Crippen LogP contribution in [0, 0.1) is 11.3 Å². The zero-order valence-electron chi connectivity index (χ0n) is 14.1. The van der Waals surface area contributed by atoms with E-state index in [4.69, 9.17) is 9.15 Å². The lowest BCUT2D eigenvalue weighted by molar-refractivity contribution is -0.162. The number of furan rings is 1. The van der Waals surface area contributed by atoms with Gasteiger partial charge in [-0.3, -0.25) is 14.4 Å². The molecular weight excluding hydrogens is 326 g/mol. The van der Waals surface area contributed by atoms with Crippen molar-refractivity contribution in [1.29, 1.82) is 0 Å². The van der Waals surface area contributed by atoms with Crippen molar-refractivity contribution in [1.82, 2.24) is 4.90 Å². The van der Waals surface area contributed by atoms with Gasteiger partial charge in [0.1, 0.15) is 11.2 Å². The predicted molar refractivity (Wildman–Crippen MR) is 86.0 cm³/mol. The van der Waals surface area contributed by atoms with Crippen LogP contribution < -0.4 is 0 Å². The number of carboxylic acid groups (broad SMARTS) is 1. The number of nitrogens with zero attached hydrogens (tertiary/aromatic N) is 1. The minimum absolute atomic E-state index is 0.176. The first kappa shape index (κ1) is 17.3. The van der Waals surface area contributed by atoms with Crippen LogP contribution in [0.1, 0.15) is 38.4 Å². The van der Waals surface area contributed by atoms with Gasteiger partial charge in [0.25, 0.3) is 0 Å². The quantitative estimate of drug-likeness (QED) is 0.793. The second-order valence-corrected chi connectivity index (χ2v) is 6.43. The minimum Gasteiger partial charge on any atom is -0.481 e. The van der Waals surface area contributed by atoms with E-state index < -0.39 is 17.3 Å². The molecule has 134 valence electrons. The largest absolute Gasteiger partial charge is 0.481 e. The molecular formula is C18H21NO6. The highest BCUT2D eigenvalue weighted by Gasteiger charge is 2.55. The number of likely N-dealkylation sites (tertiary alicyclic amines) is 1. The van der Waals surface area contributed by atoms with Crippen LogP contribution in [0.4, 0.5) is 0 Å². The number of rotatable bonds is 6. The Morgan fingerprint density at radius 3 is 2.92 bits per heavy atom. The van der Waals surface area contributed by atoms with Crippen LogP contribution in [-0.2, 0) is 25.7 Å². The van der Waals surface area contributed by atoms with Gasteiger partial charge in [0.05, 0.1) is 31.8 Å². The molecule has 1 amide bonds. The van der Waals surface area contributed by atoms with Gasteiger partial charge in [-0.25, -0.2) is 0 Å². The Morgan fingerprint density at radius 1 is 1.48 bits per heavy atom. The molecule has 0 unspecified atom stereocenters. The summed E-state index contributed by atoms with van der Waals surface area (Å²) in [4.78, 5) is 38.3. The molecule has 7 heteroatoms. The lowest BCUT2D eigenvalue weighted by atomic mass is 9.71. The molecule has 1 aromatic rings. The van der Waals surface area contributed by atoms with Crippen LogP contribution in [-0.4, -0.2) is 34.5 Å². The van der Waals surface area contributed by atoms with Gasteiger partial charge in [0.2, 0.25) is 5.91 Å². The maximum Gasteiger partial charge on any atom is 0.318 e. The summed E-state index contributed by atoms with van der Waals surface area (Å²) in [6.07, 6.45) is 4.45. The lowest BCUT2D eigenvalue weighted by Crippen LogP contribution is -2.51. The number of hydrogen-bond acceptors (Lipinski definition) is 5. The maximum absolute atomic E-state index is 12.9. The molecule has 0 saturated carbocycles. The zero-order chi connectivity index (χ0) is 18.0. The van der Waals surface area contributed by atoms with Gasteiger partial charge in [0.15, 0.2) is 0 Å². The third-order valence-corrected chi connectivity index (χ3v) is 4.88. The molecule has 0 bridgehead atoms. The number of ether oxygens (including phenoxy) is 1. The fourth-order valence-electron chi connectivity index (χ4n) is 3.85. The van der Waals surface area contributed by atoms with Crippen LogP contribution in [0.15, 0.2) is 34.6 Å². The molecule has 3 rings (SSSR count). The van der Waals surface area contributed by atoms with Gasteiger partial charge in [-0.1, -0.05) is 6.08 Å². The molecule has 1 N–H and O–H groups in total. The van der Waals surface area contributed by atoms with E-state index in [1.54, 1.807) is 19.1 Å². The lowest BCUT2D eigenvalue weighted by Gasteiger charge is -2.43. The van der Waals surface area contributed by atoms with Crippen molar-refractivity contribution >= 4 is 17.8 Å². The average molecular weight is 347 g/mol.